The van der Waals surface area contributed by atoms with Gasteiger partial charge in [0.25, 0.3) is 5.56 Å². The van der Waals surface area contributed by atoms with E-state index < -0.39 is 16.4 Å². The van der Waals surface area contributed by atoms with Crippen molar-refractivity contribution in [1.29, 1.82) is 0 Å². The van der Waals surface area contributed by atoms with Crippen molar-refractivity contribution in [2.75, 3.05) is 0 Å². The van der Waals surface area contributed by atoms with Crippen LogP contribution in [0.5, 0.6) is 5.75 Å². The van der Waals surface area contributed by atoms with Crippen molar-refractivity contribution in [3.8, 4) is 5.75 Å². The number of benzene rings is 1. The van der Waals surface area contributed by atoms with Crippen LogP contribution in [0.3, 0.4) is 0 Å². The van der Waals surface area contributed by atoms with Gasteiger partial charge in [-0.25, -0.2) is 0 Å². The molecule has 0 radical (unpaired) electrons. The van der Waals surface area contributed by atoms with Gasteiger partial charge in [-0.3, -0.25) is 9.00 Å². The number of pyridine rings is 1. The predicted molar refractivity (Wildman–Crippen MR) is 79.5 cm³/mol. The summed E-state index contributed by atoms with van der Waals surface area (Å²) in [6.45, 7) is 0. The van der Waals surface area contributed by atoms with E-state index in [0.29, 0.717) is 10.9 Å². The summed E-state index contributed by atoms with van der Waals surface area (Å²) in [5, 5.41) is 10.8. The van der Waals surface area contributed by atoms with Gasteiger partial charge in [0.2, 0.25) is 0 Å². The molecule has 0 saturated heterocycles. The van der Waals surface area contributed by atoms with Crippen molar-refractivity contribution < 1.29 is 9.32 Å². The van der Waals surface area contributed by atoms with E-state index in [2.05, 4.69) is 4.98 Å². The topological polar surface area (TPSA) is 70.2 Å². The Balaban J connectivity index is 2.11. The van der Waals surface area contributed by atoms with Crippen molar-refractivity contribution in [3.63, 3.8) is 0 Å². The van der Waals surface area contributed by atoms with Crippen LogP contribution in [-0.2, 0) is 10.8 Å². The van der Waals surface area contributed by atoms with Gasteiger partial charge in [-0.2, -0.15) is 0 Å². The molecule has 1 heterocycles. The molecule has 0 bridgehead atoms. The van der Waals surface area contributed by atoms with Crippen molar-refractivity contribution >= 4 is 21.7 Å². The molecule has 1 saturated carbocycles. The maximum absolute atomic E-state index is 12.6. The molecule has 2 aromatic rings. The molecule has 20 heavy (non-hydrogen) atoms. The minimum Gasteiger partial charge on any atom is -0.506 e. The molecule has 4 nitrogen and oxygen atoms in total. The number of para-hydroxylation sites is 1. The number of rotatable bonds is 2. The van der Waals surface area contributed by atoms with Crippen LogP contribution in [0.4, 0.5) is 0 Å². The Bertz CT molecular complexity index is 717. The zero-order chi connectivity index (χ0) is 14.1. The van der Waals surface area contributed by atoms with E-state index in [1.54, 1.807) is 24.3 Å². The van der Waals surface area contributed by atoms with Gasteiger partial charge in [-0.15, -0.1) is 0 Å². The molecule has 2 N–H and O–H groups in total. The molecule has 0 spiro atoms. The highest BCUT2D eigenvalue weighted by molar-refractivity contribution is 7.85. The third-order valence-electron chi connectivity index (χ3n) is 3.91. The lowest BCUT2D eigenvalue weighted by atomic mass is 10.0. The molecule has 3 rings (SSSR count). The zero-order valence-corrected chi connectivity index (χ0v) is 11.9. The van der Waals surface area contributed by atoms with E-state index in [-0.39, 0.29) is 15.9 Å². The SMILES string of the molecule is O=c1[nH]c2ccccc2c(O)c1[S@@](=O)C1CCCCC1. The lowest BCUT2D eigenvalue weighted by Crippen LogP contribution is -2.24. The summed E-state index contributed by atoms with van der Waals surface area (Å²) in [7, 11) is -1.44. The number of H-pyrrole nitrogens is 1. The summed E-state index contributed by atoms with van der Waals surface area (Å²) in [5.74, 6) is -0.131. The second-order valence-corrected chi connectivity index (χ2v) is 6.90. The number of hydrogen-bond acceptors (Lipinski definition) is 3. The molecule has 1 aromatic carbocycles. The van der Waals surface area contributed by atoms with Gasteiger partial charge in [0.1, 0.15) is 10.6 Å². The third-order valence-corrected chi connectivity index (χ3v) is 5.77. The first-order valence-corrected chi connectivity index (χ1v) is 8.14. The number of aromatic hydroxyl groups is 1. The van der Waals surface area contributed by atoms with Crippen molar-refractivity contribution in [2.24, 2.45) is 0 Å². The first-order valence-electron chi connectivity index (χ1n) is 6.93. The molecule has 1 atom stereocenters. The molecular weight excluding hydrogens is 274 g/mol. The van der Waals surface area contributed by atoms with Gasteiger partial charge in [0.15, 0.2) is 0 Å². The maximum Gasteiger partial charge on any atom is 0.268 e. The molecule has 1 aliphatic rings. The van der Waals surface area contributed by atoms with E-state index in [0.717, 1.165) is 32.1 Å². The minimum atomic E-state index is -1.44. The van der Waals surface area contributed by atoms with Gasteiger partial charge in [-0.05, 0) is 25.0 Å². The monoisotopic (exact) mass is 291 g/mol. The van der Waals surface area contributed by atoms with Crippen LogP contribution in [-0.4, -0.2) is 19.5 Å². The van der Waals surface area contributed by atoms with Gasteiger partial charge in [0.05, 0.1) is 16.3 Å². The standard InChI is InChI=1S/C15H17NO3S/c17-13-11-8-4-5-9-12(11)16-15(18)14(13)20(19)10-6-2-1-3-7-10/h4-5,8-10H,1-3,6-7H2,(H2,16,17,18)/t20-/m0/s1. The number of aromatic nitrogens is 1. The van der Waals surface area contributed by atoms with Gasteiger partial charge < -0.3 is 10.1 Å². The highest BCUT2D eigenvalue weighted by atomic mass is 32.2. The molecule has 106 valence electrons. The summed E-state index contributed by atoms with van der Waals surface area (Å²) in [6, 6.07) is 7.02. The van der Waals surface area contributed by atoms with E-state index in [1.807, 2.05) is 0 Å². The Morgan fingerprint density at radius 3 is 2.60 bits per heavy atom. The largest absolute Gasteiger partial charge is 0.506 e. The minimum absolute atomic E-state index is 0.0167. The van der Waals surface area contributed by atoms with Crippen molar-refractivity contribution in [1.82, 2.24) is 4.98 Å². The fourth-order valence-electron chi connectivity index (χ4n) is 2.84. The number of fused-ring (bicyclic) bond motifs is 1. The molecule has 1 fully saturated rings. The van der Waals surface area contributed by atoms with Gasteiger partial charge >= 0.3 is 0 Å². The van der Waals surface area contributed by atoms with Gasteiger partial charge in [0, 0.05) is 10.6 Å². The Kier molecular flexibility index (Phi) is 3.61. The van der Waals surface area contributed by atoms with Crippen LogP contribution < -0.4 is 5.56 Å². The second-order valence-electron chi connectivity index (χ2n) is 5.23. The molecule has 0 amide bonds. The van der Waals surface area contributed by atoms with Crippen LogP contribution in [0.1, 0.15) is 32.1 Å². The summed E-state index contributed by atoms with van der Waals surface area (Å²) in [6.07, 6.45) is 4.97. The van der Waals surface area contributed by atoms with E-state index >= 15 is 0 Å². The Morgan fingerprint density at radius 1 is 1.15 bits per heavy atom. The van der Waals surface area contributed by atoms with Gasteiger partial charge in [-0.1, -0.05) is 31.4 Å². The average Bonchev–Trinajstić information content (AvgIpc) is 2.48. The predicted octanol–water partition coefficient (Wildman–Crippen LogP) is 2.67. The lowest BCUT2D eigenvalue weighted by molar-refractivity contribution is 0.462. The summed E-state index contributed by atoms with van der Waals surface area (Å²) < 4.78 is 12.6. The first-order chi connectivity index (χ1) is 9.68. The lowest BCUT2D eigenvalue weighted by Gasteiger charge is -2.21. The Labute approximate surface area is 119 Å². The quantitative estimate of drug-likeness (QED) is 0.893. The maximum atomic E-state index is 12.6. The van der Waals surface area contributed by atoms with E-state index in [4.69, 9.17) is 0 Å². The Morgan fingerprint density at radius 2 is 1.85 bits per heavy atom. The molecule has 0 unspecified atom stereocenters. The van der Waals surface area contributed by atoms with Crippen molar-refractivity contribution in [3.05, 3.63) is 34.6 Å². The third kappa shape index (κ3) is 2.26. The molecular formula is C15H17NO3S. The smallest absolute Gasteiger partial charge is 0.268 e. The van der Waals surface area contributed by atoms with E-state index in [1.165, 1.54) is 0 Å². The molecule has 0 aliphatic heterocycles. The number of hydrogen-bond donors (Lipinski definition) is 2. The molecule has 1 aromatic heterocycles. The fourth-order valence-corrected chi connectivity index (χ4v) is 4.47. The summed E-state index contributed by atoms with van der Waals surface area (Å²) in [4.78, 5) is 14.9. The van der Waals surface area contributed by atoms with Crippen LogP contribution in [0, 0.1) is 0 Å². The highest BCUT2D eigenvalue weighted by Gasteiger charge is 2.26. The van der Waals surface area contributed by atoms with Crippen LogP contribution in [0.15, 0.2) is 34.0 Å². The fraction of sp³-hybridized carbons (Fsp3) is 0.400. The zero-order valence-electron chi connectivity index (χ0n) is 11.1. The van der Waals surface area contributed by atoms with Crippen molar-refractivity contribution in [2.45, 2.75) is 42.2 Å². The summed E-state index contributed by atoms with van der Waals surface area (Å²) >= 11 is 0. The second kappa shape index (κ2) is 5.40. The average molecular weight is 291 g/mol. The summed E-state index contributed by atoms with van der Waals surface area (Å²) in [5.41, 5.74) is 0.129. The number of nitrogens with one attached hydrogen (secondary N) is 1. The normalized spacial score (nSPS) is 18.2. The van der Waals surface area contributed by atoms with E-state index in [9.17, 15) is 14.1 Å². The molecule has 5 heteroatoms. The highest BCUT2D eigenvalue weighted by Crippen LogP contribution is 2.31. The van der Waals surface area contributed by atoms with Crippen LogP contribution in [0.25, 0.3) is 10.9 Å². The van der Waals surface area contributed by atoms with Crippen LogP contribution in [0.2, 0.25) is 0 Å². The van der Waals surface area contributed by atoms with Crippen LogP contribution >= 0.6 is 0 Å². The number of aromatic amines is 1. The first kappa shape index (κ1) is 13.4. The molecule has 1 aliphatic carbocycles. The Hall–Kier alpha value is -1.62.